The van der Waals surface area contributed by atoms with E-state index in [9.17, 15) is 0 Å². The van der Waals surface area contributed by atoms with Gasteiger partial charge in [-0.1, -0.05) is 0 Å². The van der Waals surface area contributed by atoms with Crippen LogP contribution in [0.2, 0.25) is 0 Å². The molecule has 0 fully saturated rings. The van der Waals surface area contributed by atoms with Crippen LogP contribution in [-0.4, -0.2) is 43.3 Å². The summed E-state index contributed by atoms with van der Waals surface area (Å²) in [6.45, 7) is 10.8. The molecule has 0 rings (SSSR count). The van der Waals surface area contributed by atoms with Crippen molar-refractivity contribution in [1.82, 2.24) is 4.90 Å². The minimum atomic E-state index is 0.0698. The van der Waals surface area contributed by atoms with E-state index in [1.165, 1.54) is 0 Å². The lowest BCUT2D eigenvalue weighted by Crippen LogP contribution is -2.48. The average molecular weight is 188 g/mol. The first-order valence-electron chi connectivity index (χ1n) is 4.93. The van der Waals surface area contributed by atoms with Crippen molar-refractivity contribution in [3.05, 3.63) is 0 Å². The zero-order chi connectivity index (χ0) is 10.5. The van der Waals surface area contributed by atoms with Crippen molar-refractivity contribution in [2.24, 2.45) is 5.73 Å². The molecule has 0 spiro atoms. The second-order valence-electron chi connectivity index (χ2n) is 4.36. The number of ether oxygens (including phenoxy) is 1. The molecule has 0 atom stereocenters. The summed E-state index contributed by atoms with van der Waals surface area (Å²) >= 11 is 0. The molecule has 0 bridgehead atoms. The van der Waals surface area contributed by atoms with Gasteiger partial charge in [-0.3, -0.25) is 4.90 Å². The summed E-state index contributed by atoms with van der Waals surface area (Å²) in [7, 11) is 2.08. The molecule has 0 saturated heterocycles. The lowest BCUT2D eigenvalue weighted by atomic mass is 10.0. The van der Waals surface area contributed by atoms with Gasteiger partial charge in [0.2, 0.25) is 0 Å². The number of likely N-dealkylation sites (N-methyl/N-ethyl adjacent to an activating group) is 1. The highest BCUT2D eigenvalue weighted by Gasteiger charge is 2.20. The van der Waals surface area contributed by atoms with Crippen molar-refractivity contribution >= 4 is 0 Å². The molecule has 2 N–H and O–H groups in total. The lowest BCUT2D eigenvalue weighted by Gasteiger charge is -2.34. The van der Waals surface area contributed by atoms with E-state index in [2.05, 4.69) is 25.8 Å². The van der Waals surface area contributed by atoms with Crippen molar-refractivity contribution in [2.45, 2.75) is 39.3 Å². The van der Waals surface area contributed by atoms with E-state index in [1.54, 1.807) is 0 Å². The van der Waals surface area contributed by atoms with Crippen LogP contribution < -0.4 is 5.73 Å². The van der Waals surface area contributed by atoms with Crippen molar-refractivity contribution in [3.63, 3.8) is 0 Å². The van der Waals surface area contributed by atoms with Crippen LogP contribution in [0.4, 0.5) is 0 Å². The van der Waals surface area contributed by atoms with Gasteiger partial charge in [-0.05, 0) is 34.7 Å². The molecule has 0 aliphatic carbocycles. The summed E-state index contributed by atoms with van der Waals surface area (Å²) < 4.78 is 5.47. The zero-order valence-corrected chi connectivity index (χ0v) is 9.63. The Morgan fingerprint density at radius 2 is 1.92 bits per heavy atom. The van der Waals surface area contributed by atoms with Crippen molar-refractivity contribution < 1.29 is 4.74 Å². The van der Waals surface area contributed by atoms with Gasteiger partial charge in [0.1, 0.15) is 0 Å². The Kier molecular flexibility index (Phi) is 5.53. The van der Waals surface area contributed by atoms with Gasteiger partial charge in [0, 0.05) is 18.6 Å². The Balaban J connectivity index is 3.68. The van der Waals surface area contributed by atoms with Gasteiger partial charge in [0.05, 0.1) is 12.7 Å². The topological polar surface area (TPSA) is 38.5 Å². The quantitative estimate of drug-likeness (QED) is 0.678. The van der Waals surface area contributed by atoms with Crippen molar-refractivity contribution in [2.75, 3.05) is 26.7 Å². The van der Waals surface area contributed by atoms with E-state index in [-0.39, 0.29) is 5.54 Å². The van der Waals surface area contributed by atoms with Crippen LogP contribution in [-0.2, 0) is 4.74 Å². The predicted molar refractivity (Wildman–Crippen MR) is 56.9 cm³/mol. The predicted octanol–water partition coefficient (Wildman–Crippen LogP) is 1.08. The number of nitrogens with two attached hydrogens (primary N) is 1. The van der Waals surface area contributed by atoms with Gasteiger partial charge in [-0.2, -0.15) is 0 Å². The first-order valence-corrected chi connectivity index (χ1v) is 4.93. The Morgan fingerprint density at radius 1 is 1.38 bits per heavy atom. The normalized spacial score (nSPS) is 12.9. The summed E-state index contributed by atoms with van der Waals surface area (Å²) in [6, 6.07) is 0. The number of hydrogen-bond acceptors (Lipinski definition) is 3. The molecule has 0 unspecified atom stereocenters. The second kappa shape index (κ2) is 5.58. The van der Waals surface area contributed by atoms with Crippen LogP contribution in [0.5, 0.6) is 0 Å². The molecule has 0 radical (unpaired) electrons. The summed E-state index contributed by atoms with van der Waals surface area (Å²) in [5.41, 5.74) is 5.73. The highest BCUT2D eigenvalue weighted by molar-refractivity contribution is 4.79. The minimum absolute atomic E-state index is 0.0698. The molecule has 0 amide bonds. The van der Waals surface area contributed by atoms with E-state index in [1.807, 2.05) is 13.8 Å². The first kappa shape index (κ1) is 12.9. The van der Waals surface area contributed by atoms with E-state index < -0.39 is 0 Å². The van der Waals surface area contributed by atoms with Gasteiger partial charge in [-0.25, -0.2) is 0 Å². The van der Waals surface area contributed by atoms with Gasteiger partial charge in [0.15, 0.2) is 0 Å². The van der Waals surface area contributed by atoms with Crippen LogP contribution in [0.25, 0.3) is 0 Å². The largest absolute Gasteiger partial charge is 0.377 e. The van der Waals surface area contributed by atoms with E-state index in [0.29, 0.717) is 12.6 Å². The maximum Gasteiger partial charge on any atom is 0.0597 e. The van der Waals surface area contributed by atoms with E-state index >= 15 is 0 Å². The van der Waals surface area contributed by atoms with Crippen molar-refractivity contribution in [3.8, 4) is 0 Å². The molecule has 3 nitrogen and oxygen atoms in total. The van der Waals surface area contributed by atoms with E-state index in [4.69, 9.17) is 10.5 Å². The SMILES string of the molecule is CC(C)OCCN(C)C(C)(C)CN. The standard InChI is InChI=1S/C10H24N2O/c1-9(2)13-7-6-12(5)10(3,4)8-11/h9H,6-8,11H2,1-5H3. The third-order valence-corrected chi connectivity index (χ3v) is 2.41. The van der Waals surface area contributed by atoms with Gasteiger partial charge < -0.3 is 10.5 Å². The van der Waals surface area contributed by atoms with Gasteiger partial charge in [0.25, 0.3) is 0 Å². The summed E-state index contributed by atoms with van der Waals surface area (Å²) in [4.78, 5) is 2.23. The third kappa shape index (κ3) is 5.24. The fourth-order valence-corrected chi connectivity index (χ4v) is 0.884. The Labute approximate surface area is 82.2 Å². The lowest BCUT2D eigenvalue weighted by molar-refractivity contribution is 0.0436. The maximum atomic E-state index is 5.66. The molecule has 0 aromatic rings. The zero-order valence-electron chi connectivity index (χ0n) is 9.63. The molecule has 0 aliphatic heterocycles. The highest BCUT2D eigenvalue weighted by atomic mass is 16.5. The van der Waals surface area contributed by atoms with Gasteiger partial charge in [-0.15, -0.1) is 0 Å². The molecule has 0 saturated carbocycles. The number of rotatable bonds is 6. The molecule has 0 aromatic heterocycles. The van der Waals surface area contributed by atoms with Crippen LogP contribution in [0.15, 0.2) is 0 Å². The monoisotopic (exact) mass is 188 g/mol. The van der Waals surface area contributed by atoms with Gasteiger partial charge >= 0.3 is 0 Å². The first-order chi connectivity index (χ1) is 5.90. The fraction of sp³-hybridized carbons (Fsp3) is 1.00. The Morgan fingerprint density at radius 3 is 2.31 bits per heavy atom. The fourth-order valence-electron chi connectivity index (χ4n) is 0.884. The highest BCUT2D eigenvalue weighted by Crippen LogP contribution is 2.09. The van der Waals surface area contributed by atoms with Crippen LogP contribution in [0.1, 0.15) is 27.7 Å². The molecule has 3 heteroatoms. The summed E-state index contributed by atoms with van der Waals surface area (Å²) in [6.07, 6.45) is 0.314. The molecule has 0 aromatic carbocycles. The maximum absolute atomic E-state index is 5.66. The number of hydrogen-bond donors (Lipinski definition) is 1. The molecule has 13 heavy (non-hydrogen) atoms. The van der Waals surface area contributed by atoms with Crippen LogP contribution in [0.3, 0.4) is 0 Å². The summed E-state index contributed by atoms with van der Waals surface area (Å²) in [5, 5.41) is 0. The molecule has 0 heterocycles. The molecule has 0 aliphatic rings. The smallest absolute Gasteiger partial charge is 0.0597 e. The summed E-state index contributed by atoms with van der Waals surface area (Å²) in [5.74, 6) is 0. The minimum Gasteiger partial charge on any atom is -0.377 e. The van der Waals surface area contributed by atoms with Crippen LogP contribution in [0, 0.1) is 0 Å². The third-order valence-electron chi connectivity index (χ3n) is 2.41. The molecular formula is C10H24N2O. The number of nitrogens with zero attached hydrogens (tertiary/aromatic N) is 1. The molecular weight excluding hydrogens is 164 g/mol. The van der Waals surface area contributed by atoms with Crippen LogP contribution >= 0.6 is 0 Å². The Bertz CT molecular complexity index is 135. The molecule has 80 valence electrons. The second-order valence-corrected chi connectivity index (χ2v) is 4.36. The van der Waals surface area contributed by atoms with Crippen molar-refractivity contribution in [1.29, 1.82) is 0 Å². The average Bonchev–Trinajstić information content (AvgIpc) is 2.03. The Hall–Kier alpha value is -0.120. The van der Waals surface area contributed by atoms with E-state index in [0.717, 1.165) is 13.2 Å².